The zero-order chi connectivity index (χ0) is 13.1. The molecular weight excluding hydrogens is 210 g/mol. The van der Waals surface area contributed by atoms with Crippen molar-refractivity contribution in [3.05, 3.63) is 48.7 Å². The molecule has 0 spiro atoms. The first-order chi connectivity index (χ1) is 8.38. The van der Waals surface area contributed by atoms with Gasteiger partial charge in [-0.1, -0.05) is 45.9 Å². The van der Waals surface area contributed by atoms with Crippen LogP contribution in [0.15, 0.2) is 48.7 Å². The Morgan fingerprint density at radius 2 is 1.41 bits per heavy atom. The van der Waals surface area contributed by atoms with Gasteiger partial charge in [0, 0.05) is 11.8 Å². The summed E-state index contributed by atoms with van der Waals surface area (Å²) in [6, 6.07) is 12.8. The Hall–Kier alpha value is -1.83. The van der Waals surface area contributed by atoms with Crippen molar-refractivity contribution in [3.8, 4) is 17.0 Å². The predicted molar refractivity (Wildman–Crippen MR) is 74.0 cm³/mol. The lowest BCUT2D eigenvalue weighted by Gasteiger charge is -2.01. The van der Waals surface area contributed by atoms with Crippen molar-refractivity contribution in [2.75, 3.05) is 0 Å². The zero-order valence-corrected chi connectivity index (χ0v) is 11.0. The number of aromatic hydroxyl groups is 1. The molecule has 2 heteroatoms. The summed E-state index contributed by atoms with van der Waals surface area (Å²) in [7, 11) is 0. The third kappa shape index (κ3) is 4.68. The van der Waals surface area contributed by atoms with Crippen LogP contribution in [-0.2, 0) is 0 Å². The molecule has 1 aromatic heterocycles. The molecule has 2 aromatic rings. The SMILES string of the molecule is CC.CC.Oc1ccccc1-c1ccccn1. The standard InChI is InChI=1S/C11H9NO.2C2H6/c13-11-7-2-1-5-9(11)10-6-3-4-8-12-10;2*1-2/h1-8,13H;2*1-2H3. The van der Waals surface area contributed by atoms with Gasteiger partial charge in [-0.05, 0) is 24.3 Å². The minimum absolute atomic E-state index is 0.265. The number of phenolic OH excluding ortho intramolecular Hbond substituents is 1. The van der Waals surface area contributed by atoms with Crippen LogP contribution in [0.3, 0.4) is 0 Å². The molecule has 0 saturated heterocycles. The van der Waals surface area contributed by atoms with Gasteiger partial charge in [-0.25, -0.2) is 0 Å². The lowest BCUT2D eigenvalue weighted by Crippen LogP contribution is -1.81. The molecule has 0 aliphatic rings. The van der Waals surface area contributed by atoms with Gasteiger partial charge in [0.05, 0.1) is 5.69 Å². The molecule has 2 nitrogen and oxygen atoms in total. The van der Waals surface area contributed by atoms with Crippen LogP contribution in [0.5, 0.6) is 5.75 Å². The number of benzene rings is 1. The van der Waals surface area contributed by atoms with E-state index >= 15 is 0 Å². The molecule has 0 unspecified atom stereocenters. The molecule has 0 amide bonds. The summed E-state index contributed by atoms with van der Waals surface area (Å²) in [5, 5.41) is 9.52. The van der Waals surface area contributed by atoms with Crippen molar-refractivity contribution in [3.63, 3.8) is 0 Å². The fourth-order valence-corrected chi connectivity index (χ4v) is 1.21. The molecule has 92 valence electrons. The first-order valence-corrected chi connectivity index (χ1v) is 6.07. The van der Waals surface area contributed by atoms with Crippen LogP contribution >= 0.6 is 0 Å². The summed E-state index contributed by atoms with van der Waals surface area (Å²) >= 11 is 0. The first-order valence-electron chi connectivity index (χ1n) is 6.07. The summed E-state index contributed by atoms with van der Waals surface area (Å²) in [4.78, 5) is 4.15. The summed E-state index contributed by atoms with van der Waals surface area (Å²) in [6.45, 7) is 8.00. The fourth-order valence-electron chi connectivity index (χ4n) is 1.21. The normalized spacial score (nSPS) is 8.24. The molecular formula is C15H21NO. The van der Waals surface area contributed by atoms with E-state index in [1.807, 2.05) is 58.0 Å². The molecule has 0 atom stereocenters. The quantitative estimate of drug-likeness (QED) is 0.783. The minimum atomic E-state index is 0.265. The lowest BCUT2D eigenvalue weighted by molar-refractivity contribution is 0.477. The molecule has 1 N–H and O–H groups in total. The molecule has 0 saturated carbocycles. The van der Waals surface area contributed by atoms with Gasteiger partial charge >= 0.3 is 0 Å². The maximum Gasteiger partial charge on any atom is 0.124 e. The van der Waals surface area contributed by atoms with Crippen LogP contribution in [0, 0.1) is 0 Å². The first kappa shape index (κ1) is 15.2. The number of para-hydroxylation sites is 1. The Labute approximate surface area is 104 Å². The summed E-state index contributed by atoms with van der Waals surface area (Å²) < 4.78 is 0. The van der Waals surface area contributed by atoms with Gasteiger partial charge in [0.1, 0.15) is 5.75 Å². The highest BCUT2D eigenvalue weighted by atomic mass is 16.3. The summed E-state index contributed by atoms with van der Waals surface area (Å²) in [6.07, 6.45) is 1.71. The second-order valence-electron chi connectivity index (χ2n) is 2.73. The maximum absolute atomic E-state index is 9.52. The molecule has 17 heavy (non-hydrogen) atoms. The number of rotatable bonds is 1. The predicted octanol–water partition coefficient (Wildman–Crippen LogP) is 4.51. The van der Waals surface area contributed by atoms with Gasteiger partial charge in [0.2, 0.25) is 0 Å². The molecule has 1 aromatic carbocycles. The van der Waals surface area contributed by atoms with E-state index in [0.717, 1.165) is 11.3 Å². The Morgan fingerprint density at radius 1 is 0.824 bits per heavy atom. The van der Waals surface area contributed by atoms with Crippen LogP contribution in [0.2, 0.25) is 0 Å². The number of aromatic nitrogens is 1. The smallest absolute Gasteiger partial charge is 0.124 e. The van der Waals surface area contributed by atoms with Crippen molar-refractivity contribution in [1.82, 2.24) is 4.98 Å². The fraction of sp³-hybridized carbons (Fsp3) is 0.267. The molecule has 2 rings (SSSR count). The van der Waals surface area contributed by atoms with Crippen molar-refractivity contribution < 1.29 is 5.11 Å². The monoisotopic (exact) mass is 231 g/mol. The van der Waals surface area contributed by atoms with E-state index in [9.17, 15) is 5.11 Å². The van der Waals surface area contributed by atoms with E-state index < -0.39 is 0 Å². The minimum Gasteiger partial charge on any atom is -0.507 e. The molecule has 0 aliphatic carbocycles. The third-order valence-corrected chi connectivity index (χ3v) is 1.84. The van der Waals surface area contributed by atoms with Crippen LogP contribution in [0.4, 0.5) is 0 Å². The highest BCUT2D eigenvalue weighted by molar-refractivity contribution is 5.66. The average molecular weight is 231 g/mol. The Balaban J connectivity index is 0.000000581. The lowest BCUT2D eigenvalue weighted by atomic mass is 10.1. The van der Waals surface area contributed by atoms with E-state index in [1.165, 1.54) is 0 Å². The van der Waals surface area contributed by atoms with Crippen molar-refractivity contribution in [1.29, 1.82) is 0 Å². The highest BCUT2D eigenvalue weighted by Crippen LogP contribution is 2.25. The van der Waals surface area contributed by atoms with E-state index in [4.69, 9.17) is 0 Å². The van der Waals surface area contributed by atoms with Gasteiger partial charge in [-0.15, -0.1) is 0 Å². The zero-order valence-electron chi connectivity index (χ0n) is 11.0. The van der Waals surface area contributed by atoms with Gasteiger partial charge in [-0.3, -0.25) is 4.98 Å². The number of phenols is 1. The van der Waals surface area contributed by atoms with Crippen molar-refractivity contribution in [2.24, 2.45) is 0 Å². The number of pyridine rings is 1. The van der Waals surface area contributed by atoms with Gasteiger partial charge in [-0.2, -0.15) is 0 Å². The van der Waals surface area contributed by atoms with E-state index in [0.29, 0.717) is 0 Å². The van der Waals surface area contributed by atoms with Crippen LogP contribution < -0.4 is 0 Å². The Morgan fingerprint density at radius 3 is 1.94 bits per heavy atom. The topological polar surface area (TPSA) is 33.1 Å². The van der Waals surface area contributed by atoms with Gasteiger partial charge in [0.25, 0.3) is 0 Å². The largest absolute Gasteiger partial charge is 0.507 e. The second-order valence-corrected chi connectivity index (χ2v) is 2.73. The van der Waals surface area contributed by atoms with E-state index in [1.54, 1.807) is 18.3 Å². The third-order valence-electron chi connectivity index (χ3n) is 1.84. The van der Waals surface area contributed by atoms with Gasteiger partial charge in [0.15, 0.2) is 0 Å². The molecule has 0 aliphatic heterocycles. The van der Waals surface area contributed by atoms with Crippen LogP contribution in [0.1, 0.15) is 27.7 Å². The average Bonchev–Trinajstić information content (AvgIpc) is 2.45. The highest BCUT2D eigenvalue weighted by Gasteiger charge is 2.01. The molecule has 1 heterocycles. The second kappa shape index (κ2) is 9.40. The van der Waals surface area contributed by atoms with Crippen molar-refractivity contribution in [2.45, 2.75) is 27.7 Å². The molecule has 0 radical (unpaired) electrons. The molecule has 0 fully saturated rings. The van der Waals surface area contributed by atoms with Gasteiger partial charge < -0.3 is 5.11 Å². The van der Waals surface area contributed by atoms with Crippen LogP contribution in [-0.4, -0.2) is 10.1 Å². The summed E-state index contributed by atoms with van der Waals surface area (Å²) in [5.74, 6) is 0.265. The number of nitrogens with zero attached hydrogens (tertiary/aromatic N) is 1. The number of hydrogen-bond donors (Lipinski definition) is 1. The Kier molecular flexibility index (Phi) is 8.39. The van der Waals surface area contributed by atoms with Crippen molar-refractivity contribution >= 4 is 0 Å². The Bertz CT molecular complexity index is 399. The molecule has 0 bridgehead atoms. The van der Waals surface area contributed by atoms with E-state index in [2.05, 4.69) is 4.98 Å². The van der Waals surface area contributed by atoms with E-state index in [-0.39, 0.29) is 5.75 Å². The summed E-state index contributed by atoms with van der Waals surface area (Å²) in [5.41, 5.74) is 1.56. The number of hydrogen-bond acceptors (Lipinski definition) is 2. The maximum atomic E-state index is 9.52. The van der Waals surface area contributed by atoms with Crippen LogP contribution in [0.25, 0.3) is 11.3 Å².